The Balaban J connectivity index is 0.00000342. The molecule has 35 heavy (non-hydrogen) atoms. The van der Waals surface area contributed by atoms with Crippen molar-refractivity contribution < 1.29 is 23.5 Å². The van der Waals surface area contributed by atoms with E-state index in [4.69, 9.17) is 4.74 Å². The van der Waals surface area contributed by atoms with Gasteiger partial charge in [0, 0.05) is 36.7 Å². The molecule has 1 saturated carbocycles. The minimum atomic E-state index is -0.702. The number of hydrogen-bond donors (Lipinski definition) is 0. The first-order chi connectivity index (χ1) is 16.4. The molecule has 188 valence electrons. The van der Waals surface area contributed by atoms with E-state index in [1.54, 1.807) is 24.3 Å². The third-order valence-electron chi connectivity index (χ3n) is 5.98. The number of thioether (sulfide) groups is 1. The van der Waals surface area contributed by atoms with Crippen LogP contribution in [0.5, 0.6) is 0 Å². The molecule has 0 bridgehead atoms. The lowest BCUT2D eigenvalue weighted by Crippen LogP contribution is -2.43. The fourth-order valence-electron chi connectivity index (χ4n) is 4.18. The average Bonchev–Trinajstić information content (AvgIpc) is 3.58. The van der Waals surface area contributed by atoms with Crippen LogP contribution in [0.15, 0.2) is 29.8 Å². The number of tetrazole rings is 1. The second kappa shape index (κ2) is 11.9. The number of piperidine rings is 1. The Kier molecular flexibility index (Phi) is 9.15. The summed E-state index contributed by atoms with van der Waals surface area (Å²) >= 11 is 1.21. The Labute approximate surface area is 212 Å². The fourth-order valence-corrected chi connectivity index (χ4v) is 5.09. The Hall–Kier alpha value is -2.63. The molecule has 2 atom stereocenters. The number of hydrogen-bond acceptors (Lipinski definition) is 9. The van der Waals surface area contributed by atoms with E-state index in [1.165, 1.54) is 36.5 Å². The predicted octanol–water partition coefficient (Wildman–Crippen LogP) is 2.86. The van der Waals surface area contributed by atoms with Crippen LogP contribution >= 0.6 is 24.2 Å². The standard InChI is InChI=1S/C23H26FN5O4S.ClH/c1-14(30)34-19-9-10-28(12-16(19)11-20-25-26-27-29(20)13-21(31)33-2)22(23(32)15-7-8-15)17-5-3-4-6-18(17)24;/h3-6,11,15,19,22H,7-10,12-13H2,1-2H3;1H/b16-11-;. The number of nitrogens with zero attached hydrogens (tertiary/aromatic N) is 5. The molecular formula is C23H27ClFN5O4S. The molecule has 1 aliphatic carbocycles. The van der Waals surface area contributed by atoms with Crippen LogP contribution in [0.4, 0.5) is 4.39 Å². The van der Waals surface area contributed by atoms with Crippen molar-refractivity contribution >= 4 is 47.1 Å². The normalized spacial score (nSPS) is 20.2. The summed E-state index contributed by atoms with van der Waals surface area (Å²) in [5, 5.41) is 11.3. The van der Waals surface area contributed by atoms with Crippen molar-refractivity contribution in [2.45, 2.75) is 44.0 Å². The smallest absolute Gasteiger partial charge is 0.327 e. The van der Waals surface area contributed by atoms with Gasteiger partial charge in [-0.05, 0) is 47.4 Å². The highest BCUT2D eigenvalue weighted by Gasteiger charge is 2.41. The second-order valence-electron chi connectivity index (χ2n) is 8.45. The summed E-state index contributed by atoms with van der Waals surface area (Å²) < 4.78 is 20.8. The maximum Gasteiger partial charge on any atom is 0.327 e. The highest BCUT2D eigenvalue weighted by atomic mass is 35.5. The lowest BCUT2D eigenvalue weighted by Gasteiger charge is -2.38. The van der Waals surface area contributed by atoms with Crippen LogP contribution in [0.25, 0.3) is 6.08 Å². The third-order valence-corrected chi connectivity index (χ3v) is 7.14. The van der Waals surface area contributed by atoms with Gasteiger partial charge < -0.3 is 4.74 Å². The maximum absolute atomic E-state index is 14.8. The maximum atomic E-state index is 14.8. The van der Waals surface area contributed by atoms with Gasteiger partial charge in [0.05, 0.1) is 13.2 Å². The number of esters is 1. The van der Waals surface area contributed by atoms with Crippen LogP contribution in [0, 0.1) is 11.7 Å². The van der Waals surface area contributed by atoms with E-state index in [0.717, 1.165) is 18.4 Å². The number of benzene rings is 1. The van der Waals surface area contributed by atoms with Crippen molar-refractivity contribution in [2.24, 2.45) is 5.92 Å². The van der Waals surface area contributed by atoms with E-state index < -0.39 is 17.8 Å². The largest absolute Gasteiger partial charge is 0.468 e. The monoisotopic (exact) mass is 523 g/mol. The van der Waals surface area contributed by atoms with E-state index in [-0.39, 0.29) is 41.0 Å². The van der Waals surface area contributed by atoms with Crippen molar-refractivity contribution in [3.8, 4) is 0 Å². The minimum Gasteiger partial charge on any atom is -0.468 e. The predicted molar refractivity (Wildman–Crippen MR) is 130 cm³/mol. The van der Waals surface area contributed by atoms with Gasteiger partial charge in [0.2, 0.25) is 0 Å². The molecule has 1 aromatic heterocycles. The molecule has 0 N–H and O–H groups in total. The summed E-state index contributed by atoms with van der Waals surface area (Å²) in [5.41, 5.74) is 1.20. The van der Waals surface area contributed by atoms with E-state index in [0.29, 0.717) is 30.9 Å². The molecule has 12 heteroatoms. The number of carbonyl (C=O) groups excluding carboxylic acids is 3. The Bertz CT molecular complexity index is 1120. The number of halogens is 2. The summed E-state index contributed by atoms with van der Waals surface area (Å²) in [4.78, 5) is 38.9. The Morgan fingerprint density at radius 3 is 2.66 bits per heavy atom. The zero-order chi connectivity index (χ0) is 24.2. The first-order valence-electron chi connectivity index (χ1n) is 11.1. The van der Waals surface area contributed by atoms with Gasteiger partial charge in [0.1, 0.15) is 12.4 Å². The molecule has 2 unspecified atom stereocenters. The number of rotatable bonds is 8. The molecule has 0 spiro atoms. The lowest BCUT2D eigenvalue weighted by atomic mass is 9.93. The van der Waals surface area contributed by atoms with Crippen molar-refractivity contribution in [1.82, 2.24) is 25.1 Å². The minimum absolute atomic E-state index is 0. The first-order valence-corrected chi connectivity index (χ1v) is 12.0. The number of ketones is 1. The molecular weight excluding hydrogens is 497 g/mol. The fraction of sp³-hybridized carbons (Fsp3) is 0.478. The average molecular weight is 524 g/mol. The summed E-state index contributed by atoms with van der Waals surface area (Å²) in [6.45, 7) is 2.23. The number of Topliss-reactive ketones (excluding diaryl/α,β-unsaturated/α-hetero) is 1. The molecule has 1 aromatic carbocycles. The van der Waals surface area contributed by atoms with Crippen molar-refractivity contribution in [3.63, 3.8) is 0 Å². The van der Waals surface area contributed by atoms with Crippen LogP contribution in [-0.2, 0) is 25.7 Å². The van der Waals surface area contributed by atoms with Gasteiger partial charge >= 0.3 is 5.97 Å². The molecule has 4 rings (SSSR count). The Morgan fingerprint density at radius 2 is 2.00 bits per heavy atom. The molecule has 1 aliphatic heterocycles. The molecule has 2 aliphatic rings. The van der Waals surface area contributed by atoms with Crippen LogP contribution in [0.2, 0.25) is 0 Å². The second-order valence-corrected chi connectivity index (χ2v) is 9.83. The number of carbonyl (C=O) groups is 3. The Morgan fingerprint density at radius 1 is 1.26 bits per heavy atom. The van der Waals surface area contributed by atoms with E-state index in [9.17, 15) is 18.8 Å². The number of ether oxygens (including phenoxy) is 1. The molecule has 9 nitrogen and oxygen atoms in total. The topological polar surface area (TPSA) is 107 Å². The van der Waals surface area contributed by atoms with Crippen LogP contribution in [-0.4, -0.2) is 67.4 Å². The molecule has 0 amide bonds. The summed E-state index contributed by atoms with van der Waals surface area (Å²) in [6.07, 6.45) is 3.99. The summed E-state index contributed by atoms with van der Waals surface area (Å²) in [5.74, 6) is -0.588. The number of methoxy groups -OCH3 is 1. The van der Waals surface area contributed by atoms with Crippen LogP contribution in [0.1, 0.15) is 43.6 Å². The third kappa shape index (κ3) is 6.53. The SMILES string of the molecule is COC(=O)Cn1nnnc1/C=C1/CN(C(C(=O)C2CC2)c2ccccc2F)CCC1SC(C)=O.Cl. The van der Waals surface area contributed by atoms with Gasteiger partial charge in [-0.15, -0.1) is 17.5 Å². The van der Waals surface area contributed by atoms with E-state index >= 15 is 0 Å². The van der Waals surface area contributed by atoms with Crippen LogP contribution in [0.3, 0.4) is 0 Å². The zero-order valence-electron chi connectivity index (χ0n) is 19.4. The van der Waals surface area contributed by atoms with Gasteiger partial charge in [0.15, 0.2) is 16.7 Å². The van der Waals surface area contributed by atoms with Crippen LogP contribution < -0.4 is 0 Å². The van der Waals surface area contributed by atoms with Gasteiger partial charge in [-0.2, -0.15) is 0 Å². The van der Waals surface area contributed by atoms with E-state index in [2.05, 4.69) is 15.5 Å². The van der Waals surface area contributed by atoms with Gasteiger partial charge in [0.25, 0.3) is 0 Å². The van der Waals surface area contributed by atoms with Gasteiger partial charge in [-0.3, -0.25) is 19.3 Å². The molecule has 2 fully saturated rings. The van der Waals surface area contributed by atoms with E-state index in [1.807, 2.05) is 4.90 Å². The molecule has 0 radical (unpaired) electrons. The number of likely N-dealkylation sites (tertiary alicyclic amines) is 1. The van der Waals surface area contributed by atoms with Gasteiger partial charge in [-0.25, -0.2) is 9.07 Å². The molecule has 2 aromatic rings. The quantitative estimate of drug-likeness (QED) is 0.482. The zero-order valence-corrected chi connectivity index (χ0v) is 21.1. The van der Waals surface area contributed by atoms with Crippen molar-refractivity contribution in [3.05, 3.63) is 47.0 Å². The summed E-state index contributed by atoms with van der Waals surface area (Å²) in [6, 6.07) is 5.68. The first kappa shape index (κ1) is 27.0. The summed E-state index contributed by atoms with van der Waals surface area (Å²) in [7, 11) is 1.28. The highest BCUT2D eigenvalue weighted by molar-refractivity contribution is 8.14. The molecule has 1 saturated heterocycles. The highest BCUT2D eigenvalue weighted by Crippen LogP contribution is 2.40. The van der Waals surface area contributed by atoms with Crippen molar-refractivity contribution in [1.29, 1.82) is 0 Å². The van der Waals surface area contributed by atoms with Gasteiger partial charge in [-0.1, -0.05) is 30.0 Å². The lowest BCUT2D eigenvalue weighted by molar-refractivity contribution is -0.141. The number of aromatic nitrogens is 4. The molecule has 2 heterocycles. The van der Waals surface area contributed by atoms with Crippen molar-refractivity contribution in [2.75, 3.05) is 20.2 Å².